The van der Waals surface area contributed by atoms with Crippen molar-refractivity contribution in [1.29, 1.82) is 0 Å². The first-order chi connectivity index (χ1) is 5.24. The number of hydrogen-bond donors (Lipinski definition) is 2. The number of amidine groups is 1. The topological polar surface area (TPSA) is 116 Å². The quantitative estimate of drug-likeness (QED) is 0.324. The number of nitrogens with zero attached hydrogens (tertiary/aromatic N) is 4. The zero-order valence-corrected chi connectivity index (χ0v) is 5.56. The summed E-state index contributed by atoms with van der Waals surface area (Å²) in [5, 5.41) is 5.65. The van der Waals surface area contributed by atoms with Gasteiger partial charge >= 0.3 is 6.03 Å². The Morgan fingerprint density at radius 2 is 2.64 bits per heavy atom. The maximum atomic E-state index is 10.5. The van der Waals surface area contributed by atoms with Gasteiger partial charge in [0.1, 0.15) is 5.84 Å². The van der Waals surface area contributed by atoms with Crippen LogP contribution in [0.3, 0.4) is 0 Å². The first-order valence-corrected chi connectivity index (χ1v) is 2.89. The van der Waals surface area contributed by atoms with Crippen LogP contribution >= 0.6 is 0 Å². The van der Waals surface area contributed by atoms with Crippen molar-refractivity contribution >= 4 is 11.9 Å². The molecule has 1 aliphatic rings. The summed E-state index contributed by atoms with van der Waals surface area (Å²) in [5.74, 6) is 0.169. The molecule has 58 valence electrons. The summed E-state index contributed by atoms with van der Waals surface area (Å²) in [6, 6.07) is -0.918. The SMILES string of the molecule is [N-]=[N+]=NCC1NC(=O)N=C1N. The summed E-state index contributed by atoms with van der Waals surface area (Å²) in [6.07, 6.45) is 0. The van der Waals surface area contributed by atoms with Crippen molar-refractivity contribution in [2.45, 2.75) is 6.04 Å². The number of azide groups is 1. The molecular formula is C4H6N6O. The lowest BCUT2D eigenvalue weighted by Gasteiger charge is -2.03. The summed E-state index contributed by atoms with van der Waals surface area (Å²) in [7, 11) is 0. The molecule has 0 aliphatic carbocycles. The molecule has 0 saturated heterocycles. The number of urea groups is 1. The van der Waals surface area contributed by atoms with Gasteiger partial charge in [-0.15, -0.1) is 0 Å². The van der Waals surface area contributed by atoms with E-state index in [4.69, 9.17) is 11.3 Å². The van der Waals surface area contributed by atoms with Crippen LogP contribution in [0.1, 0.15) is 0 Å². The van der Waals surface area contributed by atoms with Gasteiger partial charge < -0.3 is 11.1 Å². The van der Waals surface area contributed by atoms with Gasteiger partial charge in [0.2, 0.25) is 0 Å². The Kier molecular flexibility index (Phi) is 1.93. The lowest BCUT2D eigenvalue weighted by molar-refractivity contribution is 0.250. The normalized spacial score (nSPS) is 22.0. The van der Waals surface area contributed by atoms with E-state index < -0.39 is 12.1 Å². The summed E-state index contributed by atoms with van der Waals surface area (Å²) in [4.78, 5) is 16.4. The van der Waals surface area contributed by atoms with E-state index in [2.05, 4.69) is 20.3 Å². The highest BCUT2D eigenvalue weighted by molar-refractivity contribution is 6.02. The Labute approximate surface area is 61.9 Å². The molecule has 0 radical (unpaired) electrons. The molecule has 0 aromatic carbocycles. The lowest BCUT2D eigenvalue weighted by Crippen LogP contribution is -2.38. The van der Waals surface area contributed by atoms with Crippen LogP contribution in [0.15, 0.2) is 10.1 Å². The first kappa shape index (κ1) is 7.36. The van der Waals surface area contributed by atoms with Crippen molar-refractivity contribution in [2.75, 3.05) is 6.54 Å². The van der Waals surface area contributed by atoms with Crippen LogP contribution in [0.4, 0.5) is 4.79 Å². The van der Waals surface area contributed by atoms with Gasteiger partial charge in [-0.2, -0.15) is 4.99 Å². The maximum absolute atomic E-state index is 10.5. The molecule has 11 heavy (non-hydrogen) atoms. The molecule has 0 aromatic heterocycles. The van der Waals surface area contributed by atoms with Crippen LogP contribution in [-0.2, 0) is 0 Å². The highest BCUT2D eigenvalue weighted by Crippen LogP contribution is 1.96. The Balaban J connectivity index is 2.56. The Bertz CT molecular complexity index is 251. The Morgan fingerprint density at radius 3 is 3.09 bits per heavy atom. The molecule has 1 aliphatic heterocycles. The van der Waals surface area contributed by atoms with Gasteiger partial charge in [0, 0.05) is 4.91 Å². The monoisotopic (exact) mass is 154 g/mol. The first-order valence-electron chi connectivity index (χ1n) is 2.89. The van der Waals surface area contributed by atoms with E-state index in [1.54, 1.807) is 0 Å². The van der Waals surface area contributed by atoms with Gasteiger partial charge in [0.15, 0.2) is 0 Å². The predicted octanol–water partition coefficient (Wildman–Crippen LogP) is -0.254. The zero-order valence-electron chi connectivity index (χ0n) is 5.56. The summed E-state index contributed by atoms with van der Waals surface area (Å²) in [6.45, 7) is 0.109. The van der Waals surface area contributed by atoms with Crippen LogP contribution in [0.5, 0.6) is 0 Å². The van der Waals surface area contributed by atoms with Crippen LogP contribution in [-0.4, -0.2) is 24.5 Å². The summed E-state index contributed by atoms with van der Waals surface area (Å²) < 4.78 is 0. The van der Waals surface area contributed by atoms with E-state index in [-0.39, 0.29) is 12.4 Å². The second-order valence-corrected chi connectivity index (χ2v) is 1.95. The number of hydrogen-bond acceptors (Lipinski definition) is 3. The van der Waals surface area contributed by atoms with Gasteiger partial charge in [-0.1, -0.05) is 5.11 Å². The number of aliphatic imine (C=N–C) groups is 1. The molecule has 7 heteroatoms. The minimum Gasteiger partial charge on any atom is -0.385 e. The molecule has 1 atom stereocenters. The molecule has 0 aromatic rings. The van der Waals surface area contributed by atoms with Crippen molar-refractivity contribution < 1.29 is 4.79 Å². The maximum Gasteiger partial charge on any atom is 0.343 e. The van der Waals surface area contributed by atoms with Crippen LogP contribution in [0.25, 0.3) is 10.4 Å². The fourth-order valence-corrected chi connectivity index (χ4v) is 0.708. The van der Waals surface area contributed by atoms with Crippen LogP contribution in [0.2, 0.25) is 0 Å². The molecule has 1 rings (SSSR count). The molecule has 0 saturated carbocycles. The zero-order chi connectivity index (χ0) is 8.27. The van der Waals surface area contributed by atoms with Crippen LogP contribution < -0.4 is 11.1 Å². The Hall–Kier alpha value is -1.75. The number of rotatable bonds is 2. The standard InChI is InChI=1S/C4H6N6O/c5-3-2(1-7-10-6)8-4(11)9-3/h2H,1H2,(H3,5,8,9,11). The minimum atomic E-state index is -0.486. The van der Waals surface area contributed by atoms with Crippen molar-refractivity contribution in [3.05, 3.63) is 10.4 Å². The van der Waals surface area contributed by atoms with E-state index in [1.807, 2.05) is 0 Å². The van der Waals surface area contributed by atoms with Crippen molar-refractivity contribution in [2.24, 2.45) is 15.8 Å². The summed E-state index contributed by atoms with van der Waals surface area (Å²) in [5.41, 5.74) is 13.2. The second-order valence-electron chi connectivity index (χ2n) is 1.95. The highest BCUT2D eigenvalue weighted by atomic mass is 16.2. The molecule has 1 heterocycles. The minimum absolute atomic E-state index is 0.109. The van der Waals surface area contributed by atoms with Gasteiger partial charge in [-0.05, 0) is 5.53 Å². The molecule has 3 N–H and O–H groups in total. The molecule has 1 unspecified atom stereocenters. The van der Waals surface area contributed by atoms with Gasteiger partial charge in [0.25, 0.3) is 0 Å². The molecule has 0 fully saturated rings. The van der Waals surface area contributed by atoms with Crippen molar-refractivity contribution in [3.8, 4) is 0 Å². The molecule has 2 amide bonds. The van der Waals surface area contributed by atoms with Gasteiger partial charge in [0.05, 0.1) is 12.6 Å². The number of amides is 2. The number of carbonyl (C=O) groups is 1. The van der Waals surface area contributed by atoms with Gasteiger partial charge in [-0.25, -0.2) is 4.79 Å². The smallest absolute Gasteiger partial charge is 0.343 e. The number of nitrogens with one attached hydrogen (secondary N) is 1. The predicted molar refractivity (Wildman–Crippen MR) is 38.0 cm³/mol. The number of nitrogens with two attached hydrogens (primary N) is 1. The third-order valence-electron chi connectivity index (χ3n) is 1.21. The fourth-order valence-electron chi connectivity index (χ4n) is 0.708. The second kappa shape index (κ2) is 2.89. The van der Waals surface area contributed by atoms with E-state index in [0.29, 0.717) is 0 Å². The molecular weight excluding hydrogens is 148 g/mol. The Morgan fingerprint density at radius 1 is 1.91 bits per heavy atom. The van der Waals surface area contributed by atoms with E-state index in [1.165, 1.54) is 0 Å². The van der Waals surface area contributed by atoms with Gasteiger partial charge in [-0.3, -0.25) is 0 Å². The average molecular weight is 154 g/mol. The third kappa shape index (κ3) is 1.59. The van der Waals surface area contributed by atoms with E-state index >= 15 is 0 Å². The largest absolute Gasteiger partial charge is 0.385 e. The molecule has 0 spiro atoms. The molecule has 7 nitrogen and oxygen atoms in total. The third-order valence-corrected chi connectivity index (χ3v) is 1.21. The average Bonchev–Trinajstić information content (AvgIpc) is 2.26. The molecule has 0 bridgehead atoms. The van der Waals surface area contributed by atoms with E-state index in [9.17, 15) is 4.79 Å². The number of carbonyl (C=O) groups excluding carboxylic acids is 1. The highest BCUT2D eigenvalue weighted by Gasteiger charge is 2.21. The van der Waals surface area contributed by atoms with E-state index in [0.717, 1.165) is 0 Å². The van der Waals surface area contributed by atoms with Crippen molar-refractivity contribution in [3.63, 3.8) is 0 Å². The van der Waals surface area contributed by atoms with Crippen LogP contribution in [0, 0.1) is 0 Å². The van der Waals surface area contributed by atoms with Crippen molar-refractivity contribution in [1.82, 2.24) is 5.32 Å². The lowest BCUT2D eigenvalue weighted by atomic mass is 10.3. The summed E-state index contributed by atoms with van der Waals surface area (Å²) >= 11 is 0. The fraction of sp³-hybridized carbons (Fsp3) is 0.500.